The van der Waals surface area contributed by atoms with Crippen LogP contribution >= 0.6 is 0 Å². The van der Waals surface area contributed by atoms with E-state index < -0.39 is 8.32 Å². The minimum Gasteiger partial charge on any atom is -0.401 e. The van der Waals surface area contributed by atoms with Crippen LogP contribution in [-0.4, -0.2) is 13.9 Å². The highest BCUT2D eigenvalue weighted by molar-refractivity contribution is 6.69. The van der Waals surface area contributed by atoms with Crippen LogP contribution in [0.25, 0.3) is 0 Å². The van der Waals surface area contributed by atoms with Crippen molar-refractivity contribution in [2.45, 2.75) is 70.7 Å². The average molecular weight is 238 g/mol. The van der Waals surface area contributed by atoms with Crippen molar-refractivity contribution in [2.75, 3.05) is 0 Å². The SMILES string of the molecule is C#CC1(O[Si](C)(C)C)CCCC1CCCC. The fourth-order valence-electron chi connectivity index (χ4n) is 2.78. The van der Waals surface area contributed by atoms with Gasteiger partial charge >= 0.3 is 0 Å². The molecule has 2 unspecified atom stereocenters. The van der Waals surface area contributed by atoms with E-state index in [1.54, 1.807) is 0 Å². The summed E-state index contributed by atoms with van der Waals surface area (Å²) in [6.45, 7) is 8.95. The zero-order valence-electron chi connectivity index (χ0n) is 11.3. The van der Waals surface area contributed by atoms with Gasteiger partial charge < -0.3 is 4.43 Å². The molecule has 0 aromatic heterocycles. The minimum atomic E-state index is -1.54. The zero-order chi connectivity index (χ0) is 12.2. The Kier molecular flexibility index (Phi) is 4.64. The third kappa shape index (κ3) is 3.36. The van der Waals surface area contributed by atoms with Crippen LogP contribution in [0, 0.1) is 18.3 Å². The molecule has 2 heteroatoms. The molecule has 1 aliphatic rings. The van der Waals surface area contributed by atoms with Crippen molar-refractivity contribution in [2.24, 2.45) is 5.92 Å². The molecule has 1 nitrogen and oxygen atoms in total. The first-order valence-corrected chi connectivity index (χ1v) is 10.0. The highest BCUT2D eigenvalue weighted by atomic mass is 28.4. The van der Waals surface area contributed by atoms with Gasteiger partial charge in [0.15, 0.2) is 8.32 Å². The Morgan fingerprint density at radius 1 is 1.44 bits per heavy atom. The highest BCUT2D eigenvalue weighted by Gasteiger charge is 2.44. The van der Waals surface area contributed by atoms with E-state index in [9.17, 15) is 0 Å². The first-order valence-electron chi connectivity index (χ1n) is 6.61. The van der Waals surface area contributed by atoms with Crippen LogP contribution < -0.4 is 0 Å². The normalized spacial score (nSPS) is 30.3. The summed E-state index contributed by atoms with van der Waals surface area (Å²) in [5.41, 5.74) is -0.223. The van der Waals surface area contributed by atoms with Crippen LogP contribution in [0.5, 0.6) is 0 Å². The van der Waals surface area contributed by atoms with Gasteiger partial charge in [-0.25, -0.2) is 0 Å². The van der Waals surface area contributed by atoms with E-state index in [4.69, 9.17) is 10.8 Å². The van der Waals surface area contributed by atoms with Gasteiger partial charge in [0.1, 0.15) is 5.60 Å². The van der Waals surface area contributed by atoms with E-state index in [-0.39, 0.29) is 5.60 Å². The summed E-state index contributed by atoms with van der Waals surface area (Å²) in [5, 5.41) is 0. The van der Waals surface area contributed by atoms with Crippen LogP contribution in [0.1, 0.15) is 45.4 Å². The molecule has 2 atom stereocenters. The summed E-state index contributed by atoms with van der Waals surface area (Å²) in [4.78, 5) is 0. The van der Waals surface area contributed by atoms with Crippen molar-refractivity contribution in [1.29, 1.82) is 0 Å². The molecule has 0 heterocycles. The maximum absolute atomic E-state index is 6.35. The number of hydrogen-bond donors (Lipinski definition) is 0. The Morgan fingerprint density at radius 2 is 2.12 bits per heavy atom. The molecule has 1 saturated carbocycles. The predicted octanol–water partition coefficient (Wildman–Crippen LogP) is 4.20. The molecule has 0 N–H and O–H groups in total. The molecule has 0 aliphatic heterocycles. The predicted molar refractivity (Wildman–Crippen MR) is 72.9 cm³/mol. The fraction of sp³-hybridized carbons (Fsp3) is 0.857. The number of terminal acetylenes is 1. The molecule has 1 aliphatic carbocycles. The molecule has 0 radical (unpaired) electrons. The van der Waals surface area contributed by atoms with Crippen molar-refractivity contribution in [1.82, 2.24) is 0 Å². The standard InChI is InChI=1S/C14H26OSi/c1-6-8-10-13-11-9-12-14(13,7-2)15-16(3,4)5/h2,13H,6,8-12H2,1,3-5H3. The molecule has 0 spiro atoms. The molecule has 0 amide bonds. The third-order valence-electron chi connectivity index (χ3n) is 3.40. The maximum Gasteiger partial charge on any atom is 0.185 e. The monoisotopic (exact) mass is 238 g/mol. The summed E-state index contributed by atoms with van der Waals surface area (Å²) in [5.74, 6) is 3.61. The molecule has 0 aromatic carbocycles. The highest BCUT2D eigenvalue weighted by Crippen LogP contribution is 2.42. The Labute approximate surface area is 102 Å². The van der Waals surface area contributed by atoms with Gasteiger partial charge in [0.25, 0.3) is 0 Å². The van der Waals surface area contributed by atoms with Gasteiger partial charge in [0.2, 0.25) is 0 Å². The average Bonchev–Trinajstić information content (AvgIpc) is 2.56. The molecule has 1 rings (SSSR count). The van der Waals surface area contributed by atoms with Gasteiger partial charge in [-0.2, -0.15) is 0 Å². The first-order chi connectivity index (χ1) is 7.43. The van der Waals surface area contributed by atoms with Gasteiger partial charge in [-0.3, -0.25) is 0 Å². The molecule has 0 aromatic rings. The lowest BCUT2D eigenvalue weighted by molar-refractivity contribution is 0.0752. The van der Waals surface area contributed by atoms with Gasteiger partial charge in [-0.05, 0) is 51.2 Å². The van der Waals surface area contributed by atoms with E-state index in [0.29, 0.717) is 5.92 Å². The van der Waals surface area contributed by atoms with Crippen molar-refractivity contribution in [3.05, 3.63) is 0 Å². The maximum atomic E-state index is 6.35. The fourth-order valence-corrected chi connectivity index (χ4v) is 4.20. The molecular weight excluding hydrogens is 212 g/mol. The second-order valence-electron chi connectivity index (χ2n) is 5.98. The second kappa shape index (κ2) is 5.38. The van der Waals surface area contributed by atoms with Crippen molar-refractivity contribution in [3.8, 4) is 12.3 Å². The number of hydrogen-bond acceptors (Lipinski definition) is 1. The quantitative estimate of drug-likeness (QED) is 0.515. The molecule has 0 bridgehead atoms. The minimum absolute atomic E-state index is 0.223. The molecule has 0 saturated heterocycles. The summed E-state index contributed by atoms with van der Waals surface area (Å²) in [6.07, 6.45) is 13.1. The molecular formula is C14H26OSi. The number of unbranched alkanes of at least 4 members (excludes halogenated alkanes) is 1. The summed E-state index contributed by atoms with van der Waals surface area (Å²) in [7, 11) is -1.54. The summed E-state index contributed by atoms with van der Waals surface area (Å²) in [6, 6.07) is 0. The summed E-state index contributed by atoms with van der Waals surface area (Å²) < 4.78 is 6.35. The third-order valence-corrected chi connectivity index (χ3v) is 4.38. The van der Waals surface area contributed by atoms with Gasteiger partial charge in [0.05, 0.1) is 0 Å². The molecule has 92 valence electrons. The van der Waals surface area contributed by atoms with Gasteiger partial charge in [0, 0.05) is 0 Å². The van der Waals surface area contributed by atoms with Crippen LogP contribution in [-0.2, 0) is 4.43 Å². The van der Waals surface area contributed by atoms with Crippen LogP contribution in [0.15, 0.2) is 0 Å². The van der Waals surface area contributed by atoms with Gasteiger partial charge in [-0.1, -0.05) is 25.7 Å². The van der Waals surface area contributed by atoms with E-state index in [0.717, 1.165) is 6.42 Å². The van der Waals surface area contributed by atoms with Crippen LogP contribution in [0.2, 0.25) is 19.6 Å². The van der Waals surface area contributed by atoms with E-state index in [1.807, 2.05) is 0 Å². The lowest BCUT2D eigenvalue weighted by Gasteiger charge is -2.36. The topological polar surface area (TPSA) is 9.23 Å². The number of rotatable bonds is 5. The van der Waals surface area contributed by atoms with Crippen molar-refractivity contribution in [3.63, 3.8) is 0 Å². The Hall–Kier alpha value is -0.263. The van der Waals surface area contributed by atoms with Crippen molar-refractivity contribution >= 4 is 8.32 Å². The Bertz CT molecular complexity index is 261. The summed E-state index contributed by atoms with van der Waals surface area (Å²) >= 11 is 0. The van der Waals surface area contributed by atoms with Crippen LogP contribution in [0.3, 0.4) is 0 Å². The molecule has 16 heavy (non-hydrogen) atoms. The van der Waals surface area contributed by atoms with E-state index in [2.05, 4.69) is 32.5 Å². The second-order valence-corrected chi connectivity index (χ2v) is 10.4. The lowest BCUT2D eigenvalue weighted by Crippen LogP contribution is -2.44. The zero-order valence-corrected chi connectivity index (χ0v) is 12.3. The first kappa shape index (κ1) is 13.8. The van der Waals surface area contributed by atoms with Crippen molar-refractivity contribution < 1.29 is 4.43 Å². The Morgan fingerprint density at radius 3 is 2.62 bits per heavy atom. The Balaban J connectivity index is 2.73. The largest absolute Gasteiger partial charge is 0.401 e. The van der Waals surface area contributed by atoms with Gasteiger partial charge in [-0.15, -0.1) is 6.42 Å². The molecule has 1 fully saturated rings. The van der Waals surface area contributed by atoms with E-state index in [1.165, 1.54) is 32.1 Å². The smallest absolute Gasteiger partial charge is 0.185 e. The van der Waals surface area contributed by atoms with E-state index >= 15 is 0 Å². The lowest BCUT2D eigenvalue weighted by atomic mass is 9.87. The van der Waals surface area contributed by atoms with Crippen LogP contribution in [0.4, 0.5) is 0 Å².